The first kappa shape index (κ1) is 14.3. The Morgan fingerprint density at radius 1 is 1.32 bits per heavy atom. The van der Waals surface area contributed by atoms with Crippen molar-refractivity contribution in [3.05, 3.63) is 29.4 Å². The second-order valence-electron chi connectivity index (χ2n) is 5.23. The molecular formula is C14H19N3S2. The molecule has 0 amide bonds. The van der Waals surface area contributed by atoms with Crippen LogP contribution in [0.15, 0.2) is 32.8 Å². The lowest BCUT2D eigenvalue weighted by molar-refractivity contribution is 0.539. The minimum atomic E-state index is -0.0454. The van der Waals surface area contributed by atoms with Crippen molar-refractivity contribution in [2.45, 2.75) is 42.3 Å². The Morgan fingerprint density at radius 3 is 2.68 bits per heavy atom. The highest BCUT2D eigenvalue weighted by molar-refractivity contribution is 8.01. The van der Waals surface area contributed by atoms with Gasteiger partial charge in [-0.3, -0.25) is 0 Å². The van der Waals surface area contributed by atoms with E-state index in [0.717, 1.165) is 23.2 Å². The maximum atomic E-state index is 4.68. The molecule has 0 atom stereocenters. The molecule has 2 aromatic heterocycles. The van der Waals surface area contributed by atoms with Gasteiger partial charge in [-0.25, -0.2) is 9.97 Å². The van der Waals surface area contributed by atoms with E-state index in [1.54, 1.807) is 23.1 Å². The molecule has 0 radical (unpaired) electrons. The number of aromatic nitrogens is 2. The molecule has 0 saturated heterocycles. The minimum absolute atomic E-state index is 0.0454. The molecule has 0 saturated carbocycles. The molecule has 19 heavy (non-hydrogen) atoms. The number of rotatable bonds is 4. The molecule has 0 aliphatic carbocycles. The first-order chi connectivity index (χ1) is 8.99. The van der Waals surface area contributed by atoms with Crippen LogP contribution >= 0.6 is 23.1 Å². The lowest BCUT2D eigenvalue weighted by atomic mass is 9.96. The number of hydrogen-bond donors (Lipinski definition) is 1. The second-order valence-corrected chi connectivity index (χ2v) is 7.50. The first-order valence-corrected chi connectivity index (χ1v) is 8.03. The monoisotopic (exact) mass is 293 g/mol. The van der Waals surface area contributed by atoms with Gasteiger partial charge in [0.25, 0.3) is 0 Å². The molecule has 2 aromatic rings. The van der Waals surface area contributed by atoms with Crippen LogP contribution in [0.3, 0.4) is 0 Å². The zero-order chi connectivity index (χ0) is 13.9. The minimum Gasteiger partial charge on any atom is -0.370 e. The normalized spacial score (nSPS) is 11.6. The zero-order valence-corrected chi connectivity index (χ0v) is 13.4. The van der Waals surface area contributed by atoms with Crippen LogP contribution in [0.4, 0.5) is 5.82 Å². The van der Waals surface area contributed by atoms with Crippen molar-refractivity contribution in [2.24, 2.45) is 0 Å². The zero-order valence-electron chi connectivity index (χ0n) is 11.7. The fourth-order valence-electron chi connectivity index (χ4n) is 1.51. The van der Waals surface area contributed by atoms with Gasteiger partial charge in [0.1, 0.15) is 16.7 Å². The quantitative estimate of drug-likeness (QED) is 0.847. The first-order valence-electron chi connectivity index (χ1n) is 6.34. The summed E-state index contributed by atoms with van der Waals surface area (Å²) in [5.41, 5.74) is -0.0454. The third-order valence-electron chi connectivity index (χ3n) is 2.43. The van der Waals surface area contributed by atoms with Gasteiger partial charge >= 0.3 is 0 Å². The molecule has 102 valence electrons. The molecular weight excluding hydrogens is 274 g/mol. The highest BCUT2D eigenvalue weighted by atomic mass is 32.2. The van der Waals surface area contributed by atoms with Gasteiger partial charge in [-0.1, -0.05) is 38.6 Å². The van der Waals surface area contributed by atoms with E-state index in [1.165, 1.54) is 4.21 Å². The Kier molecular flexibility index (Phi) is 4.47. The van der Waals surface area contributed by atoms with Crippen LogP contribution in [0, 0.1) is 0 Å². The third-order valence-corrected chi connectivity index (χ3v) is 4.39. The number of anilines is 1. The second kappa shape index (κ2) is 5.92. The summed E-state index contributed by atoms with van der Waals surface area (Å²) in [5.74, 6) is 1.78. The van der Waals surface area contributed by atoms with Crippen LogP contribution in [0.2, 0.25) is 0 Å². The van der Waals surface area contributed by atoms with Crippen molar-refractivity contribution >= 4 is 28.9 Å². The van der Waals surface area contributed by atoms with E-state index in [-0.39, 0.29) is 5.41 Å². The largest absolute Gasteiger partial charge is 0.370 e. The van der Waals surface area contributed by atoms with E-state index in [9.17, 15) is 0 Å². The SMILES string of the molecule is CCNc1cc(Sc2cccs2)nc(C(C)(C)C)n1. The van der Waals surface area contributed by atoms with Crippen LogP contribution < -0.4 is 5.32 Å². The fourth-order valence-corrected chi connectivity index (χ4v) is 3.23. The lowest BCUT2D eigenvalue weighted by Gasteiger charge is -2.18. The highest BCUT2D eigenvalue weighted by Gasteiger charge is 2.19. The Balaban J connectivity index is 2.34. The molecule has 0 aliphatic rings. The molecule has 2 rings (SSSR count). The number of nitrogens with one attached hydrogen (secondary N) is 1. The van der Waals surface area contributed by atoms with Crippen molar-refractivity contribution in [1.29, 1.82) is 0 Å². The van der Waals surface area contributed by atoms with Crippen LogP contribution in [-0.4, -0.2) is 16.5 Å². The summed E-state index contributed by atoms with van der Waals surface area (Å²) >= 11 is 3.42. The van der Waals surface area contributed by atoms with E-state index in [4.69, 9.17) is 0 Å². The van der Waals surface area contributed by atoms with Crippen LogP contribution in [0.25, 0.3) is 0 Å². The van der Waals surface area contributed by atoms with Crippen molar-refractivity contribution in [3.63, 3.8) is 0 Å². The molecule has 0 bridgehead atoms. The standard InChI is InChI=1S/C14H19N3S2/c1-5-15-10-9-11(19-12-7-6-8-18-12)17-13(16-10)14(2,3)4/h6-9H,5H2,1-4H3,(H,15,16,17). The maximum absolute atomic E-state index is 4.68. The van der Waals surface area contributed by atoms with E-state index in [2.05, 4.69) is 60.5 Å². The topological polar surface area (TPSA) is 37.8 Å². The van der Waals surface area contributed by atoms with Gasteiger partial charge in [0.2, 0.25) is 0 Å². The average Bonchev–Trinajstić information content (AvgIpc) is 2.81. The molecule has 2 heterocycles. The van der Waals surface area contributed by atoms with Gasteiger partial charge in [-0.05, 0) is 18.4 Å². The summed E-state index contributed by atoms with van der Waals surface area (Å²) in [6.07, 6.45) is 0. The van der Waals surface area contributed by atoms with Crippen LogP contribution in [0.5, 0.6) is 0 Å². The average molecular weight is 293 g/mol. The lowest BCUT2D eigenvalue weighted by Crippen LogP contribution is -2.17. The van der Waals surface area contributed by atoms with Gasteiger partial charge in [-0.2, -0.15) is 0 Å². The van der Waals surface area contributed by atoms with Crippen LogP contribution in [-0.2, 0) is 5.41 Å². The van der Waals surface area contributed by atoms with E-state index in [1.807, 2.05) is 6.07 Å². The number of nitrogens with zero attached hydrogens (tertiary/aromatic N) is 2. The Hall–Kier alpha value is -1.07. The number of thiophene rings is 1. The molecule has 5 heteroatoms. The van der Waals surface area contributed by atoms with Gasteiger partial charge in [0.05, 0.1) is 4.21 Å². The van der Waals surface area contributed by atoms with Gasteiger partial charge in [0, 0.05) is 18.0 Å². The summed E-state index contributed by atoms with van der Waals surface area (Å²) < 4.78 is 1.25. The molecule has 0 spiro atoms. The van der Waals surface area contributed by atoms with E-state index < -0.39 is 0 Å². The van der Waals surface area contributed by atoms with Gasteiger partial charge in [-0.15, -0.1) is 11.3 Å². The van der Waals surface area contributed by atoms with Crippen molar-refractivity contribution in [2.75, 3.05) is 11.9 Å². The summed E-state index contributed by atoms with van der Waals surface area (Å²) in [6, 6.07) is 6.19. The number of hydrogen-bond acceptors (Lipinski definition) is 5. The molecule has 0 fully saturated rings. The van der Waals surface area contributed by atoms with E-state index in [0.29, 0.717) is 0 Å². The molecule has 3 nitrogen and oxygen atoms in total. The Morgan fingerprint density at radius 2 is 2.11 bits per heavy atom. The van der Waals surface area contributed by atoms with Crippen molar-refractivity contribution in [1.82, 2.24) is 9.97 Å². The maximum Gasteiger partial charge on any atom is 0.137 e. The van der Waals surface area contributed by atoms with Gasteiger partial charge in [0.15, 0.2) is 0 Å². The van der Waals surface area contributed by atoms with Crippen molar-refractivity contribution < 1.29 is 0 Å². The molecule has 1 N–H and O–H groups in total. The predicted molar refractivity (Wildman–Crippen MR) is 83.3 cm³/mol. The molecule has 0 aromatic carbocycles. The van der Waals surface area contributed by atoms with E-state index >= 15 is 0 Å². The Labute approximate surface area is 122 Å². The van der Waals surface area contributed by atoms with Crippen molar-refractivity contribution in [3.8, 4) is 0 Å². The highest BCUT2D eigenvalue weighted by Crippen LogP contribution is 2.32. The predicted octanol–water partition coefficient (Wildman–Crippen LogP) is 4.42. The third kappa shape index (κ3) is 3.94. The molecule has 0 unspecified atom stereocenters. The summed E-state index contributed by atoms with van der Waals surface area (Å²) in [6.45, 7) is 9.35. The summed E-state index contributed by atoms with van der Waals surface area (Å²) in [4.78, 5) is 9.27. The summed E-state index contributed by atoms with van der Waals surface area (Å²) in [5, 5.41) is 6.36. The summed E-state index contributed by atoms with van der Waals surface area (Å²) in [7, 11) is 0. The smallest absolute Gasteiger partial charge is 0.137 e. The molecule has 0 aliphatic heterocycles. The van der Waals surface area contributed by atoms with Gasteiger partial charge < -0.3 is 5.32 Å². The Bertz CT molecular complexity index is 530. The van der Waals surface area contributed by atoms with Crippen LogP contribution in [0.1, 0.15) is 33.5 Å². The fraction of sp³-hybridized carbons (Fsp3) is 0.429.